The van der Waals surface area contributed by atoms with Crippen LogP contribution in [0.15, 0.2) is 60.2 Å². The van der Waals surface area contributed by atoms with E-state index in [-0.39, 0.29) is 23.3 Å². The third-order valence-electron chi connectivity index (χ3n) is 5.23. The lowest BCUT2D eigenvalue weighted by Gasteiger charge is -2.31. The second kappa shape index (κ2) is 6.79. The van der Waals surface area contributed by atoms with Crippen molar-refractivity contribution in [3.8, 4) is 22.6 Å². The summed E-state index contributed by atoms with van der Waals surface area (Å²) in [6.45, 7) is 10.3. The average Bonchev–Trinajstić information content (AvgIpc) is 2.54. The van der Waals surface area contributed by atoms with Gasteiger partial charge < -0.3 is 10.2 Å². The Morgan fingerprint density at radius 1 is 1.00 bits per heavy atom. The van der Waals surface area contributed by atoms with Crippen molar-refractivity contribution >= 4 is 0 Å². The maximum Gasteiger partial charge on any atom is 0.123 e. The highest BCUT2D eigenvalue weighted by molar-refractivity contribution is 5.70. The van der Waals surface area contributed by atoms with Crippen molar-refractivity contribution in [2.75, 3.05) is 0 Å². The van der Waals surface area contributed by atoms with Crippen molar-refractivity contribution in [3.05, 3.63) is 71.3 Å². The second-order valence-corrected chi connectivity index (χ2v) is 7.32. The average molecular weight is 334 g/mol. The first kappa shape index (κ1) is 17.3. The van der Waals surface area contributed by atoms with Crippen LogP contribution in [0.3, 0.4) is 0 Å². The van der Waals surface area contributed by atoms with Gasteiger partial charge in [-0.05, 0) is 62.8 Å². The van der Waals surface area contributed by atoms with Gasteiger partial charge in [0.25, 0.3) is 0 Å². The lowest BCUT2D eigenvalue weighted by atomic mass is 9.73. The molecule has 0 fully saturated rings. The molecule has 0 saturated heterocycles. The zero-order chi connectivity index (χ0) is 18.1. The van der Waals surface area contributed by atoms with E-state index in [4.69, 9.17) is 0 Å². The molecule has 130 valence electrons. The van der Waals surface area contributed by atoms with E-state index in [1.807, 2.05) is 38.1 Å². The molecule has 0 aliphatic heterocycles. The molecule has 2 aromatic rings. The van der Waals surface area contributed by atoms with Gasteiger partial charge in [0, 0.05) is 11.5 Å². The number of hydrogen-bond donors (Lipinski definition) is 2. The Bertz CT molecular complexity index is 805. The first-order valence-corrected chi connectivity index (χ1v) is 8.82. The van der Waals surface area contributed by atoms with Crippen LogP contribution in [0.25, 0.3) is 11.1 Å². The third-order valence-corrected chi connectivity index (χ3v) is 5.23. The molecular weight excluding hydrogens is 308 g/mol. The molecule has 0 spiro atoms. The van der Waals surface area contributed by atoms with Crippen LogP contribution in [0.4, 0.5) is 0 Å². The minimum Gasteiger partial charge on any atom is -0.507 e. The highest BCUT2D eigenvalue weighted by Gasteiger charge is 2.30. The van der Waals surface area contributed by atoms with E-state index in [1.165, 1.54) is 11.1 Å². The van der Waals surface area contributed by atoms with Crippen molar-refractivity contribution in [2.24, 2.45) is 5.92 Å². The number of hydrogen-bond acceptors (Lipinski definition) is 2. The molecule has 1 aliphatic rings. The summed E-state index contributed by atoms with van der Waals surface area (Å²) in [5, 5.41) is 21.4. The van der Waals surface area contributed by atoms with Gasteiger partial charge in [-0.25, -0.2) is 0 Å². The predicted molar refractivity (Wildman–Crippen MR) is 104 cm³/mol. The molecule has 0 heterocycles. The van der Waals surface area contributed by atoms with Crippen LogP contribution in [0.2, 0.25) is 0 Å². The fraction of sp³-hybridized carbons (Fsp3) is 0.304. The molecule has 0 unspecified atom stereocenters. The van der Waals surface area contributed by atoms with E-state index >= 15 is 0 Å². The van der Waals surface area contributed by atoms with Crippen LogP contribution in [0.1, 0.15) is 43.7 Å². The van der Waals surface area contributed by atoms with Gasteiger partial charge >= 0.3 is 0 Å². The maximum absolute atomic E-state index is 10.7. The van der Waals surface area contributed by atoms with Gasteiger partial charge in [-0.1, -0.05) is 53.6 Å². The molecule has 25 heavy (non-hydrogen) atoms. The highest BCUT2D eigenvalue weighted by Crippen LogP contribution is 2.47. The normalized spacial score (nSPS) is 20.2. The Balaban J connectivity index is 2.07. The van der Waals surface area contributed by atoms with Crippen LogP contribution in [0, 0.1) is 12.8 Å². The number of rotatable bonds is 3. The summed E-state index contributed by atoms with van der Waals surface area (Å²) in [7, 11) is 0. The molecule has 0 aromatic heterocycles. The smallest absolute Gasteiger partial charge is 0.123 e. The summed E-state index contributed by atoms with van der Waals surface area (Å²) in [5.74, 6) is 0.514. The van der Waals surface area contributed by atoms with Gasteiger partial charge in [0.2, 0.25) is 0 Å². The lowest BCUT2D eigenvalue weighted by molar-refractivity contribution is 0.407. The quantitative estimate of drug-likeness (QED) is 0.667. The summed E-state index contributed by atoms with van der Waals surface area (Å²) in [5.41, 5.74) is 5.99. The summed E-state index contributed by atoms with van der Waals surface area (Å²) in [6, 6.07) is 11.6. The van der Waals surface area contributed by atoms with Crippen LogP contribution >= 0.6 is 0 Å². The summed E-state index contributed by atoms with van der Waals surface area (Å²) in [6.07, 6.45) is 4.21. The predicted octanol–water partition coefficient (Wildman–Crippen LogP) is 6.09. The molecule has 1 aliphatic carbocycles. The maximum atomic E-state index is 10.7. The number of allylic oxidation sites excluding steroid dienone is 3. The molecule has 2 atom stereocenters. The first-order chi connectivity index (χ1) is 11.9. The van der Waals surface area contributed by atoms with Gasteiger partial charge in [-0.3, -0.25) is 0 Å². The molecule has 0 radical (unpaired) electrons. The summed E-state index contributed by atoms with van der Waals surface area (Å²) < 4.78 is 0. The monoisotopic (exact) mass is 334 g/mol. The van der Waals surface area contributed by atoms with Crippen molar-refractivity contribution in [1.29, 1.82) is 0 Å². The minimum atomic E-state index is -0.0293. The molecule has 2 nitrogen and oxygen atoms in total. The van der Waals surface area contributed by atoms with Gasteiger partial charge in [0.15, 0.2) is 0 Å². The largest absolute Gasteiger partial charge is 0.507 e. The van der Waals surface area contributed by atoms with Crippen LogP contribution < -0.4 is 0 Å². The molecule has 2 heteroatoms. The van der Waals surface area contributed by atoms with Crippen LogP contribution in [-0.2, 0) is 0 Å². The van der Waals surface area contributed by atoms with Crippen molar-refractivity contribution in [1.82, 2.24) is 0 Å². The Hall–Kier alpha value is -2.48. The first-order valence-electron chi connectivity index (χ1n) is 8.82. The molecule has 0 amide bonds. The zero-order valence-electron chi connectivity index (χ0n) is 15.2. The number of aromatic hydroxyl groups is 2. The highest BCUT2D eigenvalue weighted by atomic mass is 16.3. The third kappa shape index (κ3) is 3.48. The molecular formula is C23H26O2. The summed E-state index contributed by atoms with van der Waals surface area (Å²) >= 11 is 0. The van der Waals surface area contributed by atoms with Gasteiger partial charge in [0.05, 0.1) is 0 Å². The van der Waals surface area contributed by atoms with Gasteiger partial charge in [-0.15, -0.1) is 0 Å². The van der Waals surface area contributed by atoms with Gasteiger partial charge in [-0.2, -0.15) is 0 Å². The Morgan fingerprint density at radius 3 is 2.16 bits per heavy atom. The standard InChI is InChI=1S/C23H26O2/c1-14(2)19-10-7-16(4)11-20(19)23-21(24)12-18(13-22(23)25)17-8-5-15(3)6-9-17/h5-6,8-9,11-13,19-20,24-25H,1,7,10H2,2-4H3/t19-,20+/m0/s1. The molecule has 0 saturated carbocycles. The van der Waals surface area contributed by atoms with E-state index in [1.54, 1.807) is 12.1 Å². The molecule has 2 aromatic carbocycles. The lowest BCUT2D eigenvalue weighted by Crippen LogP contribution is -2.17. The fourth-order valence-corrected chi connectivity index (χ4v) is 3.78. The van der Waals surface area contributed by atoms with Crippen molar-refractivity contribution in [3.63, 3.8) is 0 Å². The fourth-order valence-electron chi connectivity index (χ4n) is 3.78. The zero-order valence-corrected chi connectivity index (χ0v) is 15.2. The number of benzene rings is 2. The van der Waals surface area contributed by atoms with Crippen molar-refractivity contribution in [2.45, 2.75) is 39.5 Å². The Labute approximate surface area is 150 Å². The van der Waals surface area contributed by atoms with Crippen LogP contribution in [0.5, 0.6) is 11.5 Å². The van der Waals surface area contributed by atoms with E-state index in [0.29, 0.717) is 5.56 Å². The Kier molecular flexibility index (Phi) is 4.71. The van der Waals surface area contributed by atoms with E-state index in [2.05, 4.69) is 19.6 Å². The van der Waals surface area contributed by atoms with E-state index in [0.717, 1.165) is 29.5 Å². The second-order valence-electron chi connectivity index (χ2n) is 7.32. The SMILES string of the molecule is C=C(C)[C@@H]1CCC(C)=C[C@H]1c1c(O)cc(-c2ccc(C)cc2)cc1O. The summed E-state index contributed by atoms with van der Waals surface area (Å²) in [4.78, 5) is 0. The number of phenolic OH excluding ortho intramolecular Hbond substituents is 2. The number of phenols is 2. The molecule has 2 N–H and O–H groups in total. The minimum absolute atomic E-state index is 0.0293. The van der Waals surface area contributed by atoms with Crippen LogP contribution in [-0.4, -0.2) is 10.2 Å². The van der Waals surface area contributed by atoms with E-state index in [9.17, 15) is 10.2 Å². The van der Waals surface area contributed by atoms with E-state index < -0.39 is 0 Å². The molecule has 0 bridgehead atoms. The van der Waals surface area contributed by atoms with Crippen molar-refractivity contribution < 1.29 is 10.2 Å². The number of aryl methyl sites for hydroxylation is 1. The Morgan fingerprint density at radius 2 is 1.60 bits per heavy atom. The van der Waals surface area contributed by atoms with Gasteiger partial charge in [0.1, 0.15) is 11.5 Å². The molecule has 3 rings (SSSR count). The topological polar surface area (TPSA) is 40.5 Å².